The van der Waals surface area contributed by atoms with Gasteiger partial charge in [-0.05, 0) is 72.8 Å². The lowest BCUT2D eigenvalue weighted by Gasteiger charge is -2.45. The Labute approximate surface area is 413 Å². The highest BCUT2D eigenvalue weighted by atomic mass is 16.8. The van der Waals surface area contributed by atoms with Gasteiger partial charge in [-0.25, -0.2) is 28.8 Å². The first kappa shape index (κ1) is 50.1. The summed E-state index contributed by atoms with van der Waals surface area (Å²) < 4.78 is 62.1. The first-order valence-electron chi connectivity index (χ1n) is 22.8. The summed E-state index contributed by atoms with van der Waals surface area (Å²) in [5.41, 5.74) is 0.843. The third kappa shape index (κ3) is 12.7. The SMILES string of the molecule is C=CCO[C@H]1O[C@H](COC(=O)c2ccccc2)[C@@H](OC(=O)c2ccccc2)[C@H](OC(=O)c2ccccc2)[C@@H]1O[C@H]1O[C@H](COC(=O)c2ccccc2)[C@@H](OC(=O)c2ccccc2)[C@@H]1OC(=O)c1ccccc1. The van der Waals surface area contributed by atoms with Crippen LogP contribution in [0.25, 0.3) is 0 Å². The molecule has 0 saturated carbocycles. The molecule has 0 aliphatic carbocycles. The molecule has 2 aliphatic rings. The van der Waals surface area contributed by atoms with E-state index >= 15 is 0 Å². The van der Waals surface area contributed by atoms with Crippen molar-refractivity contribution in [2.45, 2.75) is 55.3 Å². The quantitative estimate of drug-likeness (QED) is 0.0436. The molecular formula is C56H48O16. The van der Waals surface area contributed by atoms with Crippen LogP contribution in [0.3, 0.4) is 0 Å². The lowest BCUT2D eigenvalue weighted by Crippen LogP contribution is -2.63. The molecule has 2 aliphatic heterocycles. The lowest BCUT2D eigenvalue weighted by atomic mass is 9.97. The average molecular weight is 977 g/mol. The van der Waals surface area contributed by atoms with E-state index in [0.29, 0.717) is 0 Å². The van der Waals surface area contributed by atoms with Crippen LogP contribution >= 0.6 is 0 Å². The van der Waals surface area contributed by atoms with Gasteiger partial charge in [0, 0.05) is 0 Å². The van der Waals surface area contributed by atoms with Crippen LogP contribution in [0, 0.1) is 0 Å². The summed E-state index contributed by atoms with van der Waals surface area (Å²) in [4.78, 5) is 83.1. The maximum Gasteiger partial charge on any atom is 0.338 e. The summed E-state index contributed by atoms with van der Waals surface area (Å²) >= 11 is 0. The summed E-state index contributed by atoms with van der Waals surface area (Å²) in [6, 6.07) is 48.0. The number of carbonyl (C=O) groups is 6. The minimum Gasteiger partial charge on any atom is -0.459 e. The zero-order valence-corrected chi connectivity index (χ0v) is 38.5. The zero-order valence-electron chi connectivity index (χ0n) is 38.5. The summed E-state index contributed by atoms with van der Waals surface area (Å²) in [5, 5.41) is 0. The molecule has 2 saturated heterocycles. The van der Waals surface area contributed by atoms with Crippen LogP contribution < -0.4 is 0 Å². The highest BCUT2D eigenvalue weighted by molar-refractivity contribution is 5.92. The van der Waals surface area contributed by atoms with Gasteiger partial charge in [0.2, 0.25) is 0 Å². The largest absolute Gasteiger partial charge is 0.459 e. The van der Waals surface area contributed by atoms with Crippen LogP contribution in [-0.2, 0) is 47.4 Å². The third-order valence-electron chi connectivity index (χ3n) is 11.3. The molecule has 0 aromatic heterocycles. The van der Waals surface area contributed by atoms with Gasteiger partial charge >= 0.3 is 35.8 Å². The summed E-state index contributed by atoms with van der Waals surface area (Å²) in [6.07, 6.45) is -13.0. The number of carbonyl (C=O) groups excluding carboxylic acids is 6. The molecule has 8 rings (SSSR count). The van der Waals surface area contributed by atoms with Crippen molar-refractivity contribution < 1.29 is 76.1 Å². The average Bonchev–Trinajstić information content (AvgIpc) is 3.74. The molecule has 2 heterocycles. The van der Waals surface area contributed by atoms with E-state index in [1.54, 1.807) is 133 Å². The van der Waals surface area contributed by atoms with E-state index in [2.05, 4.69) is 6.58 Å². The van der Waals surface area contributed by atoms with Gasteiger partial charge in [-0.2, -0.15) is 0 Å². The molecule has 6 aromatic rings. The molecule has 0 spiro atoms. The van der Waals surface area contributed by atoms with Crippen molar-refractivity contribution in [2.24, 2.45) is 0 Å². The molecule has 6 aromatic carbocycles. The Bertz CT molecular complexity index is 2760. The van der Waals surface area contributed by atoms with Gasteiger partial charge in [-0.3, -0.25) is 0 Å². The van der Waals surface area contributed by atoms with Gasteiger partial charge in [0.1, 0.15) is 25.4 Å². The summed E-state index contributed by atoms with van der Waals surface area (Å²) in [5.74, 6) is -5.02. The van der Waals surface area contributed by atoms with Crippen LogP contribution in [0.15, 0.2) is 195 Å². The van der Waals surface area contributed by atoms with Gasteiger partial charge in [0.15, 0.2) is 43.1 Å². The topological polar surface area (TPSA) is 195 Å². The monoisotopic (exact) mass is 976 g/mol. The lowest BCUT2D eigenvalue weighted by molar-refractivity contribution is -0.333. The maximum atomic E-state index is 14.3. The van der Waals surface area contributed by atoms with E-state index < -0.39 is 104 Å². The van der Waals surface area contributed by atoms with E-state index in [1.165, 1.54) is 54.6 Å². The van der Waals surface area contributed by atoms with Gasteiger partial charge in [-0.15, -0.1) is 6.58 Å². The third-order valence-corrected chi connectivity index (χ3v) is 11.3. The number of hydrogen-bond acceptors (Lipinski definition) is 16. The standard InChI is InChI=1S/C56H48O16/c1-2-33-63-55-48(46(70-53(61)40-29-17-7-18-30-40)44(68-51(59)38-25-13-5-14-26-38)42(66-55)34-64-49(57)36-21-9-3-10-22-36)72-56-47(71-54(62)41-31-19-8-20-32-41)45(69-52(60)39-27-15-6-16-28-39)43(67-56)35-65-50(58)37-23-11-4-12-24-37/h2-32,42-48,55-56H,1,33-35H2/t42-,43-,44-,45-,46+,47+,48+,55+,56-/m1/s1. The molecule has 0 N–H and O–H groups in total. The van der Waals surface area contributed by atoms with Gasteiger partial charge < -0.3 is 47.4 Å². The minimum atomic E-state index is -1.77. The molecule has 0 bridgehead atoms. The fraction of sp³-hybridized carbons (Fsp3) is 0.214. The molecule has 16 heteroatoms. The molecular weight excluding hydrogens is 929 g/mol. The molecule has 0 amide bonds. The molecule has 368 valence electrons. The van der Waals surface area contributed by atoms with Crippen molar-refractivity contribution in [3.63, 3.8) is 0 Å². The summed E-state index contributed by atoms with van der Waals surface area (Å²) in [6.45, 7) is 2.45. The van der Waals surface area contributed by atoms with E-state index in [-0.39, 0.29) is 40.0 Å². The Kier molecular flexibility index (Phi) is 17.1. The van der Waals surface area contributed by atoms with Crippen molar-refractivity contribution in [3.8, 4) is 0 Å². The predicted octanol–water partition coefficient (Wildman–Crippen LogP) is 7.64. The van der Waals surface area contributed by atoms with Gasteiger partial charge in [0.05, 0.1) is 40.0 Å². The van der Waals surface area contributed by atoms with Crippen molar-refractivity contribution in [1.82, 2.24) is 0 Å². The molecule has 9 atom stereocenters. The number of benzene rings is 6. The number of esters is 6. The van der Waals surface area contributed by atoms with E-state index in [1.807, 2.05) is 0 Å². The number of ether oxygens (including phenoxy) is 10. The molecule has 0 unspecified atom stereocenters. The summed E-state index contributed by atoms with van der Waals surface area (Å²) in [7, 11) is 0. The Morgan fingerprint density at radius 3 is 1.01 bits per heavy atom. The second-order valence-electron chi connectivity index (χ2n) is 16.2. The highest BCUT2D eigenvalue weighted by Gasteiger charge is 2.57. The smallest absolute Gasteiger partial charge is 0.338 e. The molecule has 2 fully saturated rings. The predicted molar refractivity (Wildman–Crippen MR) is 254 cm³/mol. The second kappa shape index (κ2) is 24.5. The number of rotatable bonds is 19. The van der Waals surface area contributed by atoms with Crippen molar-refractivity contribution in [3.05, 3.63) is 228 Å². The Hall–Kier alpha value is -8.28. The van der Waals surface area contributed by atoms with Gasteiger partial charge in [0.25, 0.3) is 0 Å². The van der Waals surface area contributed by atoms with Gasteiger partial charge in [-0.1, -0.05) is 115 Å². The van der Waals surface area contributed by atoms with Crippen molar-refractivity contribution >= 4 is 35.8 Å². The second-order valence-corrected chi connectivity index (χ2v) is 16.2. The van der Waals surface area contributed by atoms with Crippen LogP contribution in [-0.4, -0.2) is 111 Å². The first-order chi connectivity index (χ1) is 35.2. The fourth-order valence-corrected chi connectivity index (χ4v) is 7.78. The molecule has 72 heavy (non-hydrogen) atoms. The first-order valence-corrected chi connectivity index (χ1v) is 22.8. The van der Waals surface area contributed by atoms with Crippen molar-refractivity contribution in [1.29, 1.82) is 0 Å². The number of hydrogen-bond donors (Lipinski definition) is 0. The van der Waals surface area contributed by atoms with Crippen LogP contribution in [0.1, 0.15) is 62.1 Å². The van der Waals surface area contributed by atoms with Crippen LogP contribution in [0.5, 0.6) is 0 Å². The Morgan fingerprint density at radius 1 is 0.375 bits per heavy atom. The normalized spacial score (nSPS) is 22.3. The highest BCUT2D eigenvalue weighted by Crippen LogP contribution is 2.37. The fourth-order valence-electron chi connectivity index (χ4n) is 7.78. The molecule has 16 nitrogen and oxygen atoms in total. The Balaban J connectivity index is 1.21. The maximum absolute atomic E-state index is 14.3. The molecule has 0 radical (unpaired) electrons. The zero-order chi connectivity index (χ0) is 50.2. The van der Waals surface area contributed by atoms with Crippen LogP contribution in [0.2, 0.25) is 0 Å². The van der Waals surface area contributed by atoms with Crippen molar-refractivity contribution in [2.75, 3.05) is 19.8 Å². The minimum absolute atomic E-state index is 0.0893. The van der Waals surface area contributed by atoms with Crippen LogP contribution in [0.4, 0.5) is 0 Å². The Morgan fingerprint density at radius 2 is 0.667 bits per heavy atom. The van der Waals surface area contributed by atoms with E-state index in [4.69, 9.17) is 47.4 Å². The van der Waals surface area contributed by atoms with E-state index in [0.717, 1.165) is 0 Å². The van der Waals surface area contributed by atoms with E-state index in [9.17, 15) is 28.8 Å².